The summed E-state index contributed by atoms with van der Waals surface area (Å²) in [6.45, 7) is 7.68. The normalized spacial score (nSPS) is 13.9. The fraction of sp³-hybridized carbons (Fsp3) is 0.286. The molecule has 0 radical (unpaired) electrons. The summed E-state index contributed by atoms with van der Waals surface area (Å²) in [5, 5.41) is 11.9. The van der Waals surface area contributed by atoms with E-state index in [1.54, 1.807) is 46.0 Å². The first kappa shape index (κ1) is 31.1. The van der Waals surface area contributed by atoms with Crippen LogP contribution in [0.4, 0.5) is 13.2 Å². The smallest absolute Gasteiger partial charge is 0.493 e. The van der Waals surface area contributed by atoms with E-state index in [1.807, 2.05) is 18.2 Å². The minimum absolute atomic E-state index is 0.0392. The maximum Gasteiger partial charge on any atom is 0.573 e. The van der Waals surface area contributed by atoms with Crippen molar-refractivity contribution in [2.75, 3.05) is 6.61 Å². The number of aliphatic carboxylic acids is 1. The summed E-state index contributed by atoms with van der Waals surface area (Å²) in [7, 11) is 0. The van der Waals surface area contributed by atoms with E-state index >= 15 is 0 Å². The van der Waals surface area contributed by atoms with Crippen LogP contribution in [0.15, 0.2) is 71.7 Å². The number of hydrogen-bond donors (Lipinski definition) is 1. The van der Waals surface area contributed by atoms with Crippen LogP contribution >= 0.6 is 0 Å². The largest absolute Gasteiger partial charge is 0.573 e. The van der Waals surface area contributed by atoms with Gasteiger partial charge in [-0.05, 0) is 92.4 Å². The molecule has 5 aromatic rings. The van der Waals surface area contributed by atoms with Crippen LogP contribution in [0, 0.1) is 6.92 Å². The second kappa shape index (κ2) is 11.5. The van der Waals surface area contributed by atoms with Gasteiger partial charge in [0.1, 0.15) is 11.5 Å². The van der Waals surface area contributed by atoms with Crippen molar-refractivity contribution in [3.63, 3.8) is 0 Å². The Morgan fingerprint density at radius 1 is 1.07 bits per heavy atom. The van der Waals surface area contributed by atoms with Gasteiger partial charge in [0.2, 0.25) is 0 Å². The van der Waals surface area contributed by atoms with Crippen molar-refractivity contribution < 1.29 is 37.3 Å². The Morgan fingerprint density at radius 3 is 2.48 bits per heavy atom. The molecule has 3 aromatic carbocycles. The first-order chi connectivity index (χ1) is 21.7. The van der Waals surface area contributed by atoms with E-state index in [4.69, 9.17) is 14.5 Å². The van der Waals surface area contributed by atoms with Crippen LogP contribution in [-0.2, 0) is 22.5 Å². The lowest BCUT2D eigenvalue weighted by atomic mass is 9.86. The molecule has 2 aromatic heterocycles. The molecule has 3 heterocycles. The quantitative estimate of drug-likeness (QED) is 0.200. The van der Waals surface area contributed by atoms with E-state index in [1.165, 1.54) is 34.9 Å². The molecule has 0 aliphatic carbocycles. The molecular formula is C35H31F3N2O6. The van der Waals surface area contributed by atoms with Crippen molar-refractivity contribution in [2.45, 2.75) is 58.7 Å². The highest BCUT2D eigenvalue weighted by molar-refractivity contribution is 6.08. The van der Waals surface area contributed by atoms with E-state index in [0.717, 1.165) is 10.9 Å². The molecule has 1 N–H and O–H groups in total. The van der Waals surface area contributed by atoms with Gasteiger partial charge < -0.3 is 23.9 Å². The molecule has 1 atom stereocenters. The molecule has 0 saturated carbocycles. The van der Waals surface area contributed by atoms with Crippen LogP contribution in [0.1, 0.15) is 49.1 Å². The van der Waals surface area contributed by atoms with Gasteiger partial charge in [0.15, 0.2) is 6.10 Å². The molecule has 8 nitrogen and oxygen atoms in total. The highest BCUT2D eigenvalue weighted by Gasteiger charge is 2.33. The van der Waals surface area contributed by atoms with Crippen molar-refractivity contribution in [3.8, 4) is 22.6 Å². The number of aryl methyl sites for hydroxylation is 1. The van der Waals surface area contributed by atoms with Gasteiger partial charge in [-0.15, -0.1) is 13.2 Å². The van der Waals surface area contributed by atoms with E-state index in [0.29, 0.717) is 63.0 Å². The predicted octanol–water partition coefficient (Wildman–Crippen LogP) is 7.35. The maximum absolute atomic E-state index is 13.4. The minimum Gasteiger partial charge on any atom is -0.493 e. The van der Waals surface area contributed by atoms with E-state index in [2.05, 4.69) is 4.74 Å². The molecule has 11 heteroatoms. The number of benzene rings is 3. The third-order valence-electron chi connectivity index (χ3n) is 7.84. The van der Waals surface area contributed by atoms with Crippen LogP contribution in [0.5, 0.6) is 11.5 Å². The summed E-state index contributed by atoms with van der Waals surface area (Å²) in [6, 6.07) is 15.8. The summed E-state index contributed by atoms with van der Waals surface area (Å²) in [4.78, 5) is 30.9. The van der Waals surface area contributed by atoms with Gasteiger partial charge in [-0.25, -0.2) is 4.79 Å². The van der Waals surface area contributed by atoms with Crippen molar-refractivity contribution in [2.24, 2.45) is 0 Å². The average molecular weight is 633 g/mol. The van der Waals surface area contributed by atoms with Gasteiger partial charge in [0, 0.05) is 40.6 Å². The molecule has 6 rings (SSSR count). The molecule has 0 saturated heterocycles. The fourth-order valence-corrected chi connectivity index (χ4v) is 6.05. The molecule has 1 aliphatic heterocycles. The number of pyridine rings is 2. The molecule has 0 fully saturated rings. The van der Waals surface area contributed by atoms with Gasteiger partial charge in [-0.1, -0.05) is 12.1 Å². The summed E-state index contributed by atoms with van der Waals surface area (Å²) < 4.78 is 55.7. The second-order valence-electron chi connectivity index (χ2n) is 12.2. The molecule has 0 amide bonds. The Balaban J connectivity index is 1.62. The van der Waals surface area contributed by atoms with Gasteiger partial charge >= 0.3 is 12.3 Å². The van der Waals surface area contributed by atoms with Crippen molar-refractivity contribution in [1.29, 1.82) is 0 Å². The average Bonchev–Trinajstić information content (AvgIpc) is 2.97. The van der Waals surface area contributed by atoms with Gasteiger partial charge in [0.25, 0.3) is 5.56 Å². The Morgan fingerprint density at radius 2 is 1.80 bits per heavy atom. The number of rotatable bonds is 7. The molecule has 0 spiro atoms. The number of nitrogens with zero attached hydrogens (tertiary/aromatic N) is 2. The predicted molar refractivity (Wildman–Crippen MR) is 166 cm³/mol. The molecule has 1 aliphatic rings. The monoisotopic (exact) mass is 632 g/mol. The zero-order chi connectivity index (χ0) is 33.0. The summed E-state index contributed by atoms with van der Waals surface area (Å²) >= 11 is 0. The Kier molecular flexibility index (Phi) is 7.76. The fourth-order valence-electron chi connectivity index (χ4n) is 6.05. The van der Waals surface area contributed by atoms with Crippen LogP contribution in [0.2, 0.25) is 0 Å². The van der Waals surface area contributed by atoms with Crippen LogP contribution in [-0.4, -0.2) is 39.2 Å². The van der Waals surface area contributed by atoms with Crippen LogP contribution in [0.25, 0.3) is 32.9 Å². The number of aromatic nitrogens is 2. The molecule has 238 valence electrons. The lowest BCUT2D eigenvalue weighted by Crippen LogP contribution is -2.28. The molecule has 46 heavy (non-hydrogen) atoms. The van der Waals surface area contributed by atoms with E-state index in [-0.39, 0.29) is 17.9 Å². The zero-order valence-corrected chi connectivity index (χ0v) is 25.6. The maximum atomic E-state index is 13.4. The number of halogens is 3. The number of alkyl halides is 3. The van der Waals surface area contributed by atoms with Gasteiger partial charge in [-0.2, -0.15) is 0 Å². The van der Waals surface area contributed by atoms with E-state index < -0.39 is 24.0 Å². The SMILES string of the molecule is Cc1cc2c(ccc(=O)n2Cc2ccc(OC(F)(F)F)cc2)c(-c2ccc3c4c(ccnc24)CCO3)c1[C@H](OC(C)(C)C)C(=O)O. The standard InChI is InChI=1S/C35H31F3N2O6/c1-19-17-25-23(10-12-27(41)40(25)18-20-5-7-22(8-6-20)45-35(36,37)38)30(28(19)32(33(42)43)46-34(2,3)4)24-9-11-26-29-21(14-16-44-26)13-15-39-31(24)29/h5-13,15,17,32H,14,16,18H2,1-4H3,(H,42,43)/t32-/m0/s1. The number of fused-ring (bicyclic) bond motifs is 1. The summed E-state index contributed by atoms with van der Waals surface area (Å²) in [5.41, 5.74) is 3.80. The Hall–Kier alpha value is -4.90. The highest BCUT2D eigenvalue weighted by Crippen LogP contribution is 2.45. The number of carbonyl (C=O) groups is 1. The molecule has 0 bridgehead atoms. The van der Waals surface area contributed by atoms with Crippen molar-refractivity contribution in [1.82, 2.24) is 9.55 Å². The third-order valence-corrected chi connectivity index (χ3v) is 7.84. The number of hydrogen-bond acceptors (Lipinski definition) is 6. The number of carboxylic acids is 1. The first-order valence-electron chi connectivity index (χ1n) is 14.7. The first-order valence-corrected chi connectivity index (χ1v) is 14.7. The van der Waals surface area contributed by atoms with Crippen molar-refractivity contribution in [3.05, 3.63) is 99.5 Å². The number of carboxylic acid groups (broad SMARTS) is 1. The minimum atomic E-state index is -4.83. The molecule has 0 unspecified atom stereocenters. The third kappa shape index (κ3) is 6.02. The lowest BCUT2D eigenvalue weighted by Gasteiger charge is -2.29. The Bertz CT molecular complexity index is 2040. The van der Waals surface area contributed by atoms with E-state index in [9.17, 15) is 27.9 Å². The van der Waals surface area contributed by atoms with Gasteiger partial charge in [0.05, 0.1) is 29.8 Å². The topological polar surface area (TPSA) is 99.9 Å². The lowest BCUT2D eigenvalue weighted by molar-refractivity contribution is -0.274. The second-order valence-corrected chi connectivity index (χ2v) is 12.2. The zero-order valence-electron chi connectivity index (χ0n) is 25.6. The van der Waals surface area contributed by atoms with Crippen LogP contribution < -0.4 is 15.0 Å². The number of ether oxygens (including phenoxy) is 3. The van der Waals surface area contributed by atoms with Gasteiger partial charge in [-0.3, -0.25) is 9.78 Å². The van der Waals surface area contributed by atoms with Crippen LogP contribution in [0.3, 0.4) is 0 Å². The van der Waals surface area contributed by atoms with Crippen molar-refractivity contribution >= 4 is 27.8 Å². The Labute approximate surface area is 262 Å². The molecular weight excluding hydrogens is 601 g/mol. The highest BCUT2D eigenvalue weighted by atomic mass is 19.4. The summed E-state index contributed by atoms with van der Waals surface area (Å²) in [6.07, 6.45) is -3.78. The summed E-state index contributed by atoms with van der Waals surface area (Å²) in [5.74, 6) is -0.864.